The third-order valence-electron chi connectivity index (χ3n) is 4.91. The van der Waals surface area contributed by atoms with Crippen LogP contribution in [0.3, 0.4) is 0 Å². The molecule has 1 fully saturated rings. The lowest BCUT2D eigenvalue weighted by Crippen LogP contribution is -2.44. The fourth-order valence-corrected chi connectivity index (χ4v) is 4.85. The molecule has 2 aromatic carbocycles. The van der Waals surface area contributed by atoms with E-state index in [1.807, 2.05) is 11.8 Å². The Labute approximate surface area is 154 Å². The van der Waals surface area contributed by atoms with Gasteiger partial charge in [0, 0.05) is 18.3 Å². The highest BCUT2D eigenvalue weighted by Gasteiger charge is 2.28. The minimum atomic E-state index is -0.724. The summed E-state index contributed by atoms with van der Waals surface area (Å²) >= 11 is 2.02. The van der Waals surface area contributed by atoms with E-state index in [2.05, 4.69) is 65.6 Å². The molecule has 1 aliphatic rings. The molecule has 4 heteroatoms. The third-order valence-corrected chi connectivity index (χ3v) is 6.59. The molecule has 3 rings (SSSR count). The Bertz CT molecular complexity index is 629. The van der Waals surface area contributed by atoms with Gasteiger partial charge < -0.3 is 5.11 Å². The van der Waals surface area contributed by atoms with Crippen LogP contribution in [-0.2, 0) is 4.79 Å². The highest BCUT2D eigenvalue weighted by atomic mass is 32.2. The number of carboxylic acids is 1. The van der Waals surface area contributed by atoms with Crippen molar-refractivity contribution in [1.29, 1.82) is 0 Å². The Morgan fingerprint density at radius 3 is 1.92 bits per heavy atom. The Kier molecular flexibility index (Phi) is 6.16. The van der Waals surface area contributed by atoms with Gasteiger partial charge in [-0.05, 0) is 30.9 Å². The van der Waals surface area contributed by atoms with Crippen molar-refractivity contribution in [3.8, 4) is 0 Å². The number of carbonyl (C=O) groups is 1. The van der Waals surface area contributed by atoms with E-state index >= 15 is 0 Å². The van der Waals surface area contributed by atoms with Gasteiger partial charge in [-0.15, -0.1) is 11.8 Å². The van der Waals surface area contributed by atoms with Gasteiger partial charge in [0.05, 0.1) is 5.25 Å². The van der Waals surface area contributed by atoms with Crippen LogP contribution in [0.2, 0.25) is 0 Å². The number of nitrogens with zero attached hydrogens (tertiary/aromatic N) is 1. The van der Waals surface area contributed by atoms with E-state index in [0.29, 0.717) is 10.5 Å². The lowest BCUT2D eigenvalue weighted by molar-refractivity contribution is -0.142. The molecule has 0 aromatic heterocycles. The molecule has 132 valence electrons. The van der Waals surface area contributed by atoms with Gasteiger partial charge in [0.25, 0.3) is 0 Å². The van der Waals surface area contributed by atoms with Gasteiger partial charge in [0.15, 0.2) is 0 Å². The molecule has 1 aliphatic heterocycles. The van der Waals surface area contributed by atoms with Crippen molar-refractivity contribution in [1.82, 2.24) is 4.90 Å². The van der Waals surface area contributed by atoms with Gasteiger partial charge in [0.1, 0.15) is 6.04 Å². The average molecular weight is 356 g/mol. The van der Waals surface area contributed by atoms with Crippen molar-refractivity contribution < 1.29 is 9.90 Å². The quantitative estimate of drug-likeness (QED) is 0.831. The molecule has 1 N–H and O–H groups in total. The maximum atomic E-state index is 11.2. The van der Waals surface area contributed by atoms with Crippen molar-refractivity contribution >= 4 is 17.7 Å². The molecule has 0 saturated carbocycles. The molecule has 0 aliphatic carbocycles. The summed E-state index contributed by atoms with van der Waals surface area (Å²) in [5, 5.41) is 10.1. The summed E-state index contributed by atoms with van der Waals surface area (Å²) < 4.78 is 0. The van der Waals surface area contributed by atoms with Crippen molar-refractivity contribution in [2.24, 2.45) is 0 Å². The Morgan fingerprint density at radius 2 is 1.48 bits per heavy atom. The van der Waals surface area contributed by atoms with E-state index in [1.165, 1.54) is 11.1 Å². The Hall–Kier alpha value is -1.78. The molecule has 1 atom stereocenters. The second-order valence-electron chi connectivity index (χ2n) is 6.59. The standard InChI is InChI=1S/C21H25NO2S/c1-16(21(23)24)22-14-12-19(13-15-22)25-20(17-8-4-2-5-9-17)18-10-6-3-7-11-18/h2-11,16,19-20H,12-15H2,1H3,(H,23,24). The summed E-state index contributed by atoms with van der Waals surface area (Å²) in [4.78, 5) is 13.3. The lowest BCUT2D eigenvalue weighted by Gasteiger charge is -2.35. The maximum Gasteiger partial charge on any atom is 0.320 e. The van der Waals surface area contributed by atoms with Crippen molar-refractivity contribution in [2.75, 3.05) is 13.1 Å². The minimum Gasteiger partial charge on any atom is -0.480 e. The second kappa shape index (κ2) is 8.54. The summed E-state index contributed by atoms with van der Waals surface area (Å²) in [6.45, 7) is 3.51. The summed E-state index contributed by atoms with van der Waals surface area (Å²) in [5.74, 6) is -0.724. The van der Waals surface area contributed by atoms with Gasteiger partial charge in [-0.2, -0.15) is 0 Å². The number of piperidine rings is 1. The van der Waals surface area contributed by atoms with Crippen LogP contribution in [0.4, 0.5) is 0 Å². The number of carboxylic acid groups (broad SMARTS) is 1. The first-order valence-corrected chi connectivity index (χ1v) is 9.81. The SMILES string of the molecule is CC(C(=O)O)N1CCC(SC(c2ccccc2)c2ccccc2)CC1. The third kappa shape index (κ3) is 4.65. The fourth-order valence-electron chi connectivity index (χ4n) is 3.35. The molecule has 2 aromatic rings. The molecule has 0 spiro atoms. The fraction of sp³-hybridized carbons (Fsp3) is 0.381. The zero-order valence-corrected chi connectivity index (χ0v) is 15.4. The number of hydrogen-bond acceptors (Lipinski definition) is 3. The first-order valence-electron chi connectivity index (χ1n) is 8.87. The molecule has 0 radical (unpaired) electrons. The molecular formula is C21H25NO2S. The van der Waals surface area contributed by atoms with E-state index in [4.69, 9.17) is 0 Å². The minimum absolute atomic E-state index is 0.329. The van der Waals surface area contributed by atoms with Crippen LogP contribution in [0.25, 0.3) is 0 Å². The van der Waals surface area contributed by atoms with E-state index in [9.17, 15) is 9.90 Å². The molecule has 0 amide bonds. The molecule has 25 heavy (non-hydrogen) atoms. The predicted molar refractivity (Wildman–Crippen MR) is 104 cm³/mol. The molecule has 0 bridgehead atoms. The van der Waals surface area contributed by atoms with Crippen LogP contribution in [0.1, 0.15) is 36.1 Å². The van der Waals surface area contributed by atoms with Crippen LogP contribution >= 0.6 is 11.8 Å². The van der Waals surface area contributed by atoms with Gasteiger partial charge in [-0.3, -0.25) is 9.69 Å². The molecule has 1 saturated heterocycles. The Balaban J connectivity index is 1.69. The molecule has 1 heterocycles. The first kappa shape index (κ1) is 18.0. The average Bonchev–Trinajstić information content (AvgIpc) is 2.67. The normalized spacial score (nSPS) is 17.5. The van der Waals surface area contributed by atoms with Crippen molar-refractivity contribution in [3.05, 3.63) is 71.8 Å². The van der Waals surface area contributed by atoms with Gasteiger partial charge in [-0.1, -0.05) is 60.7 Å². The number of rotatable bonds is 6. The van der Waals surface area contributed by atoms with Crippen LogP contribution < -0.4 is 0 Å². The van der Waals surface area contributed by atoms with Crippen molar-refractivity contribution in [3.63, 3.8) is 0 Å². The van der Waals surface area contributed by atoms with Crippen LogP contribution in [0.15, 0.2) is 60.7 Å². The van der Waals surface area contributed by atoms with Gasteiger partial charge >= 0.3 is 5.97 Å². The number of aliphatic carboxylic acids is 1. The smallest absolute Gasteiger partial charge is 0.320 e. The highest BCUT2D eigenvalue weighted by molar-refractivity contribution is 8.00. The number of hydrogen-bond donors (Lipinski definition) is 1. The zero-order chi connectivity index (χ0) is 17.6. The number of thioether (sulfide) groups is 1. The predicted octanol–water partition coefficient (Wildman–Crippen LogP) is 4.45. The largest absolute Gasteiger partial charge is 0.480 e. The first-order chi connectivity index (χ1) is 12.1. The molecule has 3 nitrogen and oxygen atoms in total. The topological polar surface area (TPSA) is 40.5 Å². The van der Waals surface area contributed by atoms with Crippen LogP contribution in [-0.4, -0.2) is 40.4 Å². The van der Waals surface area contributed by atoms with E-state index in [-0.39, 0.29) is 6.04 Å². The maximum absolute atomic E-state index is 11.2. The molecular weight excluding hydrogens is 330 g/mol. The Morgan fingerprint density at radius 1 is 1.00 bits per heavy atom. The van der Waals surface area contributed by atoms with E-state index < -0.39 is 5.97 Å². The van der Waals surface area contributed by atoms with Crippen molar-refractivity contribution in [2.45, 2.75) is 36.3 Å². The van der Waals surface area contributed by atoms with E-state index in [1.54, 1.807) is 6.92 Å². The summed E-state index contributed by atoms with van der Waals surface area (Å²) in [6, 6.07) is 20.9. The lowest BCUT2D eigenvalue weighted by atomic mass is 10.0. The van der Waals surface area contributed by atoms with Crippen LogP contribution in [0.5, 0.6) is 0 Å². The highest BCUT2D eigenvalue weighted by Crippen LogP contribution is 2.41. The summed E-state index contributed by atoms with van der Waals surface area (Å²) in [5.41, 5.74) is 2.67. The number of benzene rings is 2. The van der Waals surface area contributed by atoms with Gasteiger partial charge in [0.2, 0.25) is 0 Å². The number of likely N-dealkylation sites (tertiary alicyclic amines) is 1. The molecule has 1 unspecified atom stereocenters. The summed E-state index contributed by atoms with van der Waals surface area (Å²) in [7, 11) is 0. The van der Waals surface area contributed by atoms with Gasteiger partial charge in [-0.25, -0.2) is 0 Å². The monoisotopic (exact) mass is 355 g/mol. The zero-order valence-electron chi connectivity index (χ0n) is 14.5. The summed E-state index contributed by atoms with van der Waals surface area (Å²) in [6.07, 6.45) is 2.08. The van der Waals surface area contributed by atoms with Crippen LogP contribution in [0, 0.1) is 0 Å². The second-order valence-corrected chi connectivity index (χ2v) is 8.00. The van der Waals surface area contributed by atoms with E-state index in [0.717, 1.165) is 25.9 Å².